The predicted molar refractivity (Wildman–Crippen MR) is 94.2 cm³/mol. The summed E-state index contributed by atoms with van der Waals surface area (Å²) in [7, 11) is -0.893. The summed E-state index contributed by atoms with van der Waals surface area (Å²) in [5.74, 6) is 0.787. The number of hydrogen-bond donors (Lipinski definition) is 3. The second kappa shape index (κ2) is 8.30. The zero-order chi connectivity index (χ0) is 16.9. The van der Waals surface area contributed by atoms with E-state index >= 15 is 0 Å². The molecule has 2 heterocycles. The zero-order valence-corrected chi connectivity index (χ0v) is 15.3. The Hall–Kier alpha value is -0.860. The van der Waals surface area contributed by atoms with E-state index in [9.17, 15) is 8.42 Å². The summed E-state index contributed by atoms with van der Waals surface area (Å²) in [5, 5.41) is 6.79. The first-order valence-electron chi connectivity index (χ1n) is 8.60. The van der Waals surface area contributed by atoms with Crippen LogP contribution in [0.1, 0.15) is 39.0 Å². The van der Waals surface area contributed by atoms with Crippen molar-refractivity contribution in [3.63, 3.8) is 0 Å². The van der Waals surface area contributed by atoms with E-state index in [1.807, 2.05) is 6.92 Å². The summed E-state index contributed by atoms with van der Waals surface area (Å²) < 4.78 is 24.6. The van der Waals surface area contributed by atoms with Crippen LogP contribution in [-0.4, -0.2) is 70.3 Å². The van der Waals surface area contributed by atoms with Crippen molar-refractivity contribution in [1.29, 1.82) is 0 Å². The number of guanidine groups is 1. The quantitative estimate of drug-likeness (QED) is 0.361. The Labute approximate surface area is 140 Å². The molecule has 0 radical (unpaired) electrons. The molecule has 2 atom stereocenters. The van der Waals surface area contributed by atoms with E-state index in [2.05, 4.69) is 32.3 Å². The molecule has 134 valence electrons. The van der Waals surface area contributed by atoms with Crippen LogP contribution in [0, 0.1) is 0 Å². The predicted octanol–water partition coefficient (Wildman–Crippen LogP) is 0.106. The van der Waals surface area contributed by atoms with Gasteiger partial charge < -0.3 is 15.5 Å². The molecule has 0 saturated carbocycles. The van der Waals surface area contributed by atoms with Crippen molar-refractivity contribution in [2.45, 2.75) is 57.2 Å². The number of hydrogen-bond acceptors (Lipinski definition) is 4. The van der Waals surface area contributed by atoms with Crippen molar-refractivity contribution in [3.05, 3.63) is 0 Å². The number of piperidine rings is 2. The molecule has 2 aliphatic heterocycles. The zero-order valence-electron chi connectivity index (χ0n) is 14.5. The molecule has 2 rings (SSSR count). The van der Waals surface area contributed by atoms with Crippen molar-refractivity contribution in [1.82, 2.24) is 20.3 Å². The maximum absolute atomic E-state index is 11.1. The summed E-state index contributed by atoms with van der Waals surface area (Å²) in [6.45, 7) is 3.59. The summed E-state index contributed by atoms with van der Waals surface area (Å²) in [5.41, 5.74) is 0. The van der Waals surface area contributed by atoms with Crippen LogP contribution in [0.5, 0.6) is 0 Å². The van der Waals surface area contributed by atoms with E-state index in [1.54, 1.807) is 0 Å². The fraction of sp³-hybridized carbons (Fsp3) is 0.933. The third kappa shape index (κ3) is 5.93. The molecular weight excluding hydrogens is 314 g/mol. The number of nitrogens with one attached hydrogen (secondary N) is 3. The lowest BCUT2D eigenvalue weighted by molar-refractivity contribution is 0.0526. The van der Waals surface area contributed by atoms with Crippen LogP contribution in [0.4, 0.5) is 0 Å². The lowest BCUT2D eigenvalue weighted by Crippen LogP contribution is -2.56. The maximum atomic E-state index is 11.1. The number of aliphatic imine (C=N–C) groups is 1. The van der Waals surface area contributed by atoms with Gasteiger partial charge in [0, 0.05) is 31.2 Å². The van der Waals surface area contributed by atoms with Crippen LogP contribution in [0.25, 0.3) is 0 Å². The van der Waals surface area contributed by atoms with Crippen LogP contribution in [0.2, 0.25) is 0 Å². The van der Waals surface area contributed by atoms with Crippen LogP contribution in [0.15, 0.2) is 4.99 Å². The van der Waals surface area contributed by atoms with E-state index in [-0.39, 0.29) is 0 Å². The highest BCUT2D eigenvalue weighted by atomic mass is 32.2. The number of rotatable bonds is 6. The fourth-order valence-corrected chi connectivity index (χ4v) is 4.11. The van der Waals surface area contributed by atoms with E-state index in [4.69, 9.17) is 0 Å². The molecule has 0 aromatic carbocycles. The molecule has 2 bridgehead atoms. The molecule has 0 aliphatic carbocycles. The Balaban J connectivity index is 1.86. The third-order valence-corrected chi connectivity index (χ3v) is 5.50. The summed E-state index contributed by atoms with van der Waals surface area (Å²) in [4.78, 5) is 7.02. The molecule has 3 N–H and O–H groups in total. The monoisotopic (exact) mass is 345 g/mol. The molecule has 0 aromatic heterocycles. The lowest BCUT2D eigenvalue weighted by Gasteiger charge is -2.47. The van der Waals surface area contributed by atoms with Crippen LogP contribution < -0.4 is 15.4 Å². The average Bonchev–Trinajstić information content (AvgIpc) is 2.44. The molecule has 2 unspecified atom stereocenters. The Morgan fingerprint density at radius 2 is 1.91 bits per heavy atom. The highest BCUT2D eigenvalue weighted by molar-refractivity contribution is 7.88. The van der Waals surface area contributed by atoms with Crippen molar-refractivity contribution in [2.24, 2.45) is 4.99 Å². The van der Waals surface area contributed by atoms with Crippen LogP contribution in [0.3, 0.4) is 0 Å². The number of nitrogens with zero attached hydrogens (tertiary/aromatic N) is 2. The van der Waals surface area contributed by atoms with E-state index in [0.29, 0.717) is 31.2 Å². The van der Waals surface area contributed by atoms with Crippen molar-refractivity contribution in [3.8, 4) is 0 Å². The summed E-state index contributed by atoms with van der Waals surface area (Å²) in [6, 6.07) is 1.80. The Morgan fingerprint density at radius 3 is 2.48 bits per heavy atom. The molecule has 0 spiro atoms. The van der Waals surface area contributed by atoms with Gasteiger partial charge in [-0.2, -0.15) is 0 Å². The van der Waals surface area contributed by atoms with Crippen molar-refractivity contribution in [2.75, 3.05) is 32.9 Å². The van der Waals surface area contributed by atoms with Crippen LogP contribution in [-0.2, 0) is 10.0 Å². The smallest absolute Gasteiger partial charge is 0.208 e. The largest absolute Gasteiger partial charge is 0.357 e. The molecular formula is C15H31N5O2S. The fourth-order valence-electron chi connectivity index (χ4n) is 3.65. The molecule has 8 heteroatoms. The average molecular weight is 346 g/mol. The van der Waals surface area contributed by atoms with E-state index in [0.717, 1.165) is 31.6 Å². The standard InChI is InChI=1S/C15H31N5O2S/c1-4-16-15(17-8-9-18-23(3,21)22)19-12-10-13-6-5-7-14(11-12)20(13)2/h12-14,18H,4-11H2,1-3H3,(H2,16,17,19). The Morgan fingerprint density at radius 1 is 1.26 bits per heavy atom. The SMILES string of the molecule is CCNC(=NCCNS(C)(=O)=O)NC1CC2CCCC(C1)N2C. The van der Waals surface area contributed by atoms with Gasteiger partial charge in [-0.15, -0.1) is 0 Å². The van der Waals surface area contributed by atoms with Gasteiger partial charge >= 0.3 is 0 Å². The maximum Gasteiger partial charge on any atom is 0.208 e. The van der Waals surface area contributed by atoms with E-state index < -0.39 is 10.0 Å². The van der Waals surface area contributed by atoms with Gasteiger partial charge in [-0.25, -0.2) is 13.1 Å². The minimum atomic E-state index is -3.14. The van der Waals surface area contributed by atoms with Gasteiger partial charge in [-0.05, 0) is 39.7 Å². The first kappa shape index (κ1) is 18.5. The third-order valence-electron chi connectivity index (χ3n) is 4.77. The minimum absolute atomic E-state index is 0.327. The first-order valence-corrected chi connectivity index (χ1v) is 10.5. The number of sulfonamides is 1. The topological polar surface area (TPSA) is 85.8 Å². The second-order valence-corrected chi connectivity index (χ2v) is 8.48. The van der Waals surface area contributed by atoms with Gasteiger partial charge in [0.15, 0.2) is 5.96 Å². The highest BCUT2D eigenvalue weighted by Crippen LogP contribution is 2.32. The van der Waals surface area contributed by atoms with Crippen molar-refractivity contribution >= 4 is 16.0 Å². The molecule has 0 amide bonds. The van der Waals surface area contributed by atoms with Gasteiger partial charge in [0.25, 0.3) is 0 Å². The lowest BCUT2D eigenvalue weighted by atomic mass is 9.82. The molecule has 0 aromatic rings. The van der Waals surface area contributed by atoms with Gasteiger partial charge in [-0.3, -0.25) is 4.99 Å². The van der Waals surface area contributed by atoms with Gasteiger partial charge in [0.1, 0.15) is 0 Å². The molecule has 2 saturated heterocycles. The Kier molecular flexibility index (Phi) is 6.67. The van der Waals surface area contributed by atoms with Crippen molar-refractivity contribution < 1.29 is 8.42 Å². The van der Waals surface area contributed by atoms with Gasteiger partial charge in [0.05, 0.1) is 12.8 Å². The van der Waals surface area contributed by atoms with Gasteiger partial charge in [0.2, 0.25) is 10.0 Å². The minimum Gasteiger partial charge on any atom is -0.357 e. The summed E-state index contributed by atoms with van der Waals surface area (Å²) >= 11 is 0. The molecule has 23 heavy (non-hydrogen) atoms. The highest BCUT2D eigenvalue weighted by Gasteiger charge is 2.36. The second-order valence-electron chi connectivity index (χ2n) is 6.64. The first-order chi connectivity index (χ1) is 10.9. The van der Waals surface area contributed by atoms with Gasteiger partial charge in [-0.1, -0.05) is 6.42 Å². The normalized spacial score (nSPS) is 29.3. The number of fused-ring (bicyclic) bond motifs is 2. The molecule has 7 nitrogen and oxygen atoms in total. The molecule has 2 fully saturated rings. The van der Waals surface area contributed by atoms with Crippen LogP contribution >= 0.6 is 0 Å². The Bertz CT molecular complexity index is 494. The summed E-state index contributed by atoms with van der Waals surface area (Å²) in [6.07, 6.45) is 7.39. The molecule has 2 aliphatic rings. The van der Waals surface area contributed by atoms with E-state index in [1.165, 1.54) is 19.3 Å².